The minimum Gasteiger partial charge on any atom is -0.480 e. The number of nitrogens with two attached hydrogens (primary N) is 3. The zero-order valence-corrected chi connectivity index (χ0v) is 30.2. The lowest BCUT2D eigenvalue weighted by Gasteiger charge is -2.39. The van der Waals surface area contributed by atoms with Crippen LogP contribution in [0.5, 0.6) is 0 Å². The molecule has 290 valence electrons. The third-order valence-electron chi connectivity index (χ3n) is 9.84. The number of aliphatic carboxylic acids is 2. The summed E-state index contributed by atoms with van der Waals surface area (Å²) in [5.74, 6) is -4.81. The van der Waals surface area contributed by atoms with Crippen molar-refractivity contribution in [2.45, 2.75) is 108 Å². The Morgan fingerprint density at radius 1 is 0.943 bits per heavy atom. The van der Waals surface area contributed by atoms with Gasteiger partial charge in [-0.15, -0.1) is 0 Å². The molecule has 0 aliphatic carbocycles. The summed E-state index contributed by atoms with van der Waals surface area (Å²) in [7, 11) is 0. The Labute approximate surface area is 307 Å². The molecule has 53 heavy (non-hydrogen) atoms. The summed E-state index contributed by atoms with van der Waals surface area (Å²) in [4.78, 5) is 88.7. The summed E-state index contributed by atoms with van der Waals surface area (Å²) in [6.07, 6.45) is 2.85. The molecule has 2 aliphatic heterocycles. The fraction of sp³-hybridized carbons (Fsp3) is 0.571. The van der Waals surface area contributed by atoms with E-state index in [4.69, 9.17) is 17.2 Å². The van der Waals surface area contributed by atoms with Crippen LogP contribution in [0.3, 0.4) is 0 Å². The van der Waals surface area contributed by atoms with Crippen molar-refractivity contribution in [2.75, 3.05) is 19.6 Å². The van der Waals surface area contributed by atoms with Crippen molar-refractivity contribution in [1.82, 2.24) is 30.7 Å². The number of carbonyl (C=O) groups is 6. The number of aromatic amines is 1. The number of nitrogens with one attached hydrogen (secondary N) is 4. The number of hydrogen-bond acceptors (Lipinski definition) is 9. The van der Waals surface area contributed by atoms with Crippen molar-refractivity contribution >= 4 is 52.4 Å². The molecule has 0 bridgehead atoms. The lowest BCUT2D eigenvalue weighted by molar-refractivity contribution is -0.148. The van der Waals surface area contributed by atoms with Crippen molar-refractivity contribution < 1.29 is 39.0 Å². The van der Waals surface area contributed by atoms with Crippen LogP contribution in [0.25, 0.3) is 10.9 Å². The Balaban J connectivity index is 1.48. The van der Waals surface area contributed by atoms with Crippen LogP contribution >= 0.6 is 0 Å². The molecule has 0 saturated carbocycles. The van der Waals surface area contributed by atoms with Crippen molar-refractivity contribution in [3.63, 3.8) is 0 Å². The highest BCUT2D eigenvalue weighted by Crippen LogP contribution is 2.32. The molecule has 3 heterocycles. The predicted molar refractivity (Wildman–Crippen MR) is 195 cm³/mol. The Kier molecular flexibility index (Phi) is 14.2. The number of unbranched alkanes of at least 4 members (excludes halogenated alkanes) is 1. The molecule has 18 heteroatoms. The van der Waals surface area contributed by atoms with Gasteiger partial charge in [-0.1, -0.05) is 24.6 Å². The van der Waals surface area contributed by atoms with Crippen LogP contribution in [0.4, 0.5) is 0 Å². The van der Waals surface area contributed by atoms with E-state index in [-0.39, 0.29) is 38.4 Å². The van der Waals surface area contributed by atoms with Crippen LogP contribution < -0.4 is 33.2 Å². The number of fused-ring (bicyclic) bond motifs is 3. The highest BCUT2D eigenvalue weighted by molar-refractivity contribution is 5.96. The Morgan fingerprint density at radius 3 is 2.34 bits per heavy atom. The summed E-state index contributed by atoms with van der Waals surface area (Å²) in [6, 6.07) is 1.39. The van der Waals surface area contributed by atoms with Gasteiger partial charge in [0.25, 0.3) is 0 Å². The van der Waals surface area contributed by atoms with Gasteiger partial charge in [0.15, 0.2) is 5.96 Å². The molecule has 1 fully saturated rings. The zero-order chi connectivity index (χ0) is 38.8. The van der Waals surface area contributed by atoms with Gasteiger partial charge in [-0.3, -0.25) is 38.7 Å². The molecule has 1 aromatic heterocycles. The molecule has 12 N–H and O–H groups in total. The summed E-state index contributed by atoms with van der Waals surface area (Å²) < 4.78 is 0. The van der Waals surface area contributed by atoms with Crippen LogP contribution in [-0.2, 0) is 41.7 Å². The van der Waals surface area contributed by atoms with Crippen molar-refractivity contribution in [3.05, 3.63) is 35.5 Å². The average Bonchev–Trinajstić information content (AvgIpc) is 3.75. The third kappa shape index (κ3) is 10.2. The van der Waals surface area contributed by atoms with E-state index in [1.165, 1.54) is 18.7 Å². The van der Waals surface area contributed by atoms with Crippen LogP contribution in [0.2, 0.25) is 0 Å². The maximum atomic E-state index is 14.0. The number of guanidine groups is 1. The molecule has 2 aromatic rings. The van der Waals surface area contributed by atoms with E-state index in [9.17, 15) is 39.0 Å². The molecule has 0 radical (unpaired) electrons. The SMILES string of the molecule is C[C@H](NC(=O)[C@H](CCCN=C(N)N)NC(=O)[C@@H]1CCCN1C(=O)[C@H](C)NC(=O)[C@H](CCCCN)N1Cc2[nH]c3ccccc3c2C[C@H]1C(=O)O)C(=O)O. The van der Waals surface area contributed by atoms with Crippen LogP contribution in [0.15, 0.2) is 29.3 Å². The van der Waals surface area contributed by atoms with Gasteiger partial charge >= 0.3 is 11.9 Å². The number of aliphatic imine (C=N–C) groups is 1. The van der Waals surface area contributed by atoms with E-state index in [0.717, 1.165) is 22.2 Å². The number of carbonyl (C=O) groups excluding carboxylic acids is 4. The van der Waals surface area contributed by atoms with Gasteiger partial charge in [0.05, 0.1) is 6.04 Å². The highest BCUT2D eigenvalue weighted by atomic mass is 16.4. The van der Waals surface area contributed by atoms with E-state index in [1.807, 2.05) is 24.3 Å². The minimum absolute atomic E-state index is 0.0905. The zero-order valence-electron chi connectivity index (χ0n) is 30.2. The van der Waals surface area contributed by atoms with Crippen LogP contribution in [0.1, 0.15) is 70.1 Å². The molecule has 4 amide bonds. The normalized spacial score (nSPS) is 19.3. The number of carboxylic acid groups (broad SMARTS) is 2. The monoisotopic (exact) mass is 740 g/mol. The number of aromatic nitrogens is 1. The average molecular weight is 741 g/mol. The lowest BCUT2D eigenvalue weighted by atomic mass is 9.93. The standard InChI is InChI=1S/C35H52N10O8/c1-19(32(49)44-16-8-13-26(44)31(48)43-24(11-7-15-39-35(37)38)29(46)41-20(2)33(50)51)40-30(47)27(12-5-6-14-36)45-18-25-22(17-28(45)34(52)53)21-9-3-4-10-23(21)42-25/h3-4,9-10,19-20,24,26-28,42H,5-8,11-18,36H2,1-2H3,(H,40,47)(H,41,46)(H,43,48)(H,50,51)(H,52,53)(H4,37,38,39)/t19-,20-,24-,26-,27-,28-/m0/s1. The fourth-order valence-electron chi connectivity index (χ4n) is 7.05. The topological polar surface area (TPSA) is 292 Å². The van der Waals surface area contributed by atoms with Gasteiger partial charge < -0.3 is 53.2 Å². The maximum Gasteiger partial charge on any atom is 0.325 e. The number of para-hydroxylation sites is 1. The summed E-state index contributed by atoms with van der Waals surface area (Å²) in [6.45, 7) is 3.78. The lowest BCUT2D eigenvalue weighted by Crippen LogP contribution is -2.59. The largest absolute Gasteiger partial charge is 0.480 e. The maximum absolute atomic E-state index is 14.0. The number of hydrogen-bond donors (Lipinski definition) is 9. The van der Waals surface area contributed by atoms with Gasteiger partial charge in [0.1, 0.15) is 30.2 Å². The Morgan fingerprint density at radius 2 is 1.66 bits per heavy atom. The van der Waals surface area contributed by atoms with Crippen molar-refractivity contribution in [1.29, 1.82) is 0 Å². The second kappa shape index (κ2) is 18.5. The smallest absolute Gasteiger partial charge is 0.325 e. The molecule has 4 rings (SSSR count). The van der Waals surface area contributed by atoms with Crippen LogP contribution in [0, 0.1) is 0 Å². The number of benzene rings is 1. The summed E-state index contributed by atoms with van der Waals surface area (Å²) >= 11 is 0. The van der Waals surface area contributed by atoms with Gasteiger partial charge in [0, 0.05) is 42.7 Å². The molecule has 0 unspecified atom stereocenters. The van der Waals surface area contributed by atoms with E-state index >= 15 is 0 Å². The molecule has 6 atom stereocenters. The predicted octanol–water partition coefficient (Wildman–Crippen LogP) is -0.900. The van der Waals surface area contributed by atoms with E-state index < -0.39 is 71.8 Å². The Bertz CT molecular complexity index is 1690. The van der Waals surface area contributed by atoms with E-state index in [2.05, 4.69) is 25.9 Å². The first-order chi connectivity index (χ1) is 25.2. The molecular weight excluding hydrogens is 688 g/mol. The molecule has 1 saturated heterocycles. The summed E-state index contributed by atoms with van der Waals surface area (Å²) in [5.41, 5.74) is 19.1. The second-order valence-electron chi connectivity index (χ2n) is 13.7. The third-order valence-corrected chi connectivity index (χ3v) is 9.84. The molecular formula is C35H52N10O8. The minimum atomic E-state index is -1.25. The number of nitrogens with zero attached hydrogens (tertiary/aromatic N) is 3. The number of amides is 4. The van der Waals surface area contributed by atoms with Gasteiger partial charge in [-0.05, 0) is 70.5 Å². The van der Waals surface area contributed by atoms with E-state index in [1.54, 1.807) is 4.90 Å². The summed E-state index contributed by atoms with van der Waals surface area (Å²) in [5, 5.41) is 28.3. The fourth-order valence-corrected chi connectivity index (χ4v) is 7.05. The molecule has 2 aliphatic rings. The quantitative estimate of drug-likeness (QED) is 0.0511. The molecule has 0 spiro atoms. The first-order valence-electron chi connectivity index (χ1n) is 18.0. The second-order valence-corrected chi connectivity index (χ2v) is 13.7. The number of likely N-dealkylation sites (tertiary alicyclic amines) is 1. The van der Waals surface area contributed by atoms with Gasteiger partial charge in [0.2, 0.25) is 23.6 Å². The first-order valence-corrected chi connectivity index (χ1v) is 18.0. The van der Waals surface area contributed by atoms with E-state index in [0.29, 0.717) is 45.1 Å². The Hall–Kier alpha value is -5.23. The number of carboxylic acids is 2. The first kappa shape index (κ1) is 40.5. The van der Waals surface area contributed by atoms with Gasteiger partial charge in [-0.25, -0.2) is 0 Å². The highest BCUT2D eigenvalue weighted by Gasteiger charge is 2.42. The van der Waals surface area contributed by atoms with Crippen LogP contribution in [-0.4, -0.2) is 122 Å². The van der Waals surface area contributed by atoms with Crippen molar-refractivity contribution in [3.8, 4) is 0 Å². The molecule has 1 aromatic carbocycles. The number of H-pyrrole nitrogens is 1. The number of rotatable bonds is 18. The van der Waals surface area contributed by atoms with Crippen molar-refractivity contribution in [2.24, 2.45) is 22.2 Å². The molecule has 18 nitrogen and oxygen atoms in total. The van der Waals surface area contributed by atoms with Gasteiger partial charge in [-0.2, -0.15) is 0 Å².